The lowest BCUT2D eigenvalue weighted by Gasteiger charge is -2.12. The highest BCUT2D eigenvalue weighted by Crippen LogP contribution is 2.34. The van der Waals surface area contributed by atoms with Gasteiger partial charge in [0.2, 0.25) is 11.8 Å². The Morgan fingerprint density at radius 3 is 2.50 bits per heavy atom. The number of carbonyl (C=O) groups is 4. The van der Waals surface area contributed by atoms with Crippen LogP contribution in [0.25, 0.3) is 17.0 Å². The molecule has 3 N–H and O–H groups in total. The Kier molecular flexibility index (Phi) is 6.02. The molecule has 4 rings (SSSR count). The van der Waals surface area contributed by atoms with E-state index in [1.165, 1.54) is 0 Å². The molecule has 1 aromatic heterocycles. The predicted molar refractivity (Wildman–Crippen MR) is 124 cm³/mol. The molecule has 10 heteroatoms. The third-order valence-corrected chi connectivity index (χ3v) is 5.89. The van der Waals surface area contributed by atoms with Gasteiger partial charge < -0.3 is 15.6 Å². The van der Waals surface area contributed by atoms with Crippen LogP contribution in [0.1, 0.15) is 5.56 Å². The molecule has 8 nitrogen and oxygen atoms in total. The molecule has 0 unspecified atom stereocenters. The summed E-state index contributed by atoms with van der Waals surface area (Å²) in [5.74, 6) is -1.56. The van der Waals surface area contributed by atoms with E-state index in [-0.39, 0.29) is 11.4 Å². The molecule has 0 aliphatic carbocycles. The number of nitrogens with zero attached hydrogens (tertiary/aromatic N) is 2. The van der Waals surface area contributed by atoms with E-state index in [1.807, 2.05) is 24.3 Å². The monoisotopic (exact) mass is 468 g/mol. The van der Waals surface area contributed by atoms with E-state index in [2.05, 4.69) is 5.32 Å². The van der Waals surface area contributed by atoms with E-state index < -0.39 is 29.5 Å². The minimum Gasteiger partial charge on any atom is -0.368 e. The summed E-state index contributed by atoms with van der Waals surface area (Å²) in [6, 6.07) is 13.8. The molecule has 4 amide bonds. The standard InChI is InChI=1S/C22H17ClN4O4S/c23-14-5-7-15(8-6-14)25-20(29)12-27-21(30)18(32-22(27)31)9-13-10-26(11-19(24)28)17-4-2-1-3-16(13)17/h1-10H,11-12H2,(H2,24,28)(H,25,29)/b18-9-. The molecule has 0 spiro atoms. The van der Waals surface area contributed by atoms with Crippen LogP contribution in [0.4, 0.5) is 10.5 Å². The molecule has 1 saturated heterocycles. The molecule has 1 fully saturated rings. The molecule has 32 heavy (non-hydrogen) atoms. The molecule has 1 aliphatic heterocycles. The zero-order valence-corrected chi connectivity index (χ0v) is 18.2. The molecular formula is C22H17ClN4O4S. The summed E-state index contributed by atoms with van der Waals surface area (Å²) in [6.45, 7) is -0.422. The summed E-state index contributed by atoms with van der Waals surface area (Å²) in [7, 11) is 0. The number of hydrogen-bond donors (Lipinski definition) is 2. The maximum atomic E-state index is 12.8. The Balaban J connectivity index is 1.54. The second kappa shape index (κ2) is 8.89. The van der Waals surface area contributed by atoms with E-state index in [0.29, 0.717) is 16.3 Å². The highest BCUT2D eigenvalue weighted by molar-refractivity contribution is 8.18. The largest absolute Gasteiger partial charge is 0.368 e. The molecule has 0 bridgehead atoms. The second-order valence-corrected chi connectivity index (χ2v) is 8.45. The molecule has 0 saturated carbocycles. The summed E-state index contributed by atoms with van der Waals surface area (Å²) in [5, 5.41) is 3.42. The molecule has 3 aromatic rings. The number of halogens is 1. The SMILES string of the molecule is NC(=O)Cn1cc(/C=C2\SC(=O)N(CC(=O)Nc3ccc(Cl)cc3)C2=O)c2ccccc21. The van der Waals surface area contributed by atoms with Gasteiger partial charge in [-0.3, -0.25) is 24.1 Å². The van der Waals surface area contributed by atoms with Gasteiger partial charge in [0.1, 0.15) is 13.1 Å². The zero-order valence-electron chi connectivity index (χ0n) is 16.6. The number of benzene rings is 2. The molecule has 0 radical (unpaired) electrons. The first-order valence-corrected chi connectivity index (χ1v) is 10.7. The van der Waals surface area contributed by atoms with Crippen molar-refractivity contribution < 1.29 is 19.2 Å². The first-order chi connectivity index (χ1) is 15.3. The predicted octanol–water partition coefficient (Wildman–Crippen LogP) is 3.46. The highest BCUT2D eigenvalue weighted by Gasteiger charge is 2.36. The van der Waals surface area contributed by atoms with Gasteiger partial charge in [0.15, 0.2) is 0 Å². The van der Waals surface area contributed by atoms with Gasteiger partial charge in [-0.05, 0) is 48.2 Å². The Morgan fingerprint density at radius 2 is 1.78 bits per heavy atom. The van der Waals surface area contributed by atoms with Gasteiger partial charge in [-0.1, -0.05) is 29.8 Å². The molecular weight excluding hydrogens is 452 g/mol. The number of carbonyl (C=O) groups excluding carboxylic acids is 4. The smallest absolute Gasteiger partial charge is 0.294 e. The number of para-hydroxylation sites is 1. The van der Waals surface area contributed by atoms with Gasteiger partial charge in [-0.25, -0.2) is 0 Å². The fourth-order valence-electron chi connectivity index (χ4n) is 3.34. The molecule has 162 valence electrons. The quantitative estimate of drug-likeness (QED) is 0.538. The third-order valence-electron chi connectivity index (χ3n) is 4.74. The second-order valence-electron chi connectivity index (χ2n) is 7.02. The van der Waals surface area contributed by atoms with Gasteiger partial charge >= 0.3 is 0 Å². The van der Waals surface area contributed by atoms with Crippen molar-refractivity contribution in [3.8, 4) is 0 Å². The maximum absolute atomic E-state index is 12.8. The Labute approximate surface area is 192 Å². The fraction of sp³-hybridized carbons (Fsp3) is 0.0909. The van der Waals surface area contributed by atoms with Crippen molar-refractivity contribution in [2.24, 2.45) is 5.73 Å². The molecule has 0 atom stereocenters. The van der Waals surface area contributed by atoms with Crippen molar-refractivity contribution in [2.45, 2.75) is 6.54 Å². The van der Waals surface area contributed by atoms with Crippen molar-refractivity contribution in [1.82, 2.24) is 9.47 Å². The summed E-state index contributed by atoms with van der Waals surface area (Å²) in [4.78, 5) is 50.0. The van der Waals surface area contributed by atoms with E-state index in [4.69, 9.17) is 17.3 Å². The van der Waals surface area contributed by atoms with Crippen LogP contribution in [0, 0.1) is 0 Å². The van der Waals surface area contributed by atoms with Crippen LogP contribution in [-0.4, -0.2) is 39.0 Å². The number of rotatable bonds is 6. The van der Waals surface area contributed by atoms with E-state index in [1.54, 1.807) is 41.1 Å². The van der Waals surface area contributed by atoms with Crippen LogP contribution in [0.2, 0.25) is 5.02 Å². The molecule has 1 aliphatic rings. The number of imide groups is 1. The van der Waals surface area contributed by atoms with Crippen molar-refractivity contribution >= 4 is 69.0 Å². The number of nitrogens with one attached hydrogen (secondary N) is 1. The first kappa shape index (κ1) is 21.7. The number of thioether (sulfide) groups is 1. The average Bonchev–Trinajstić information content (AvgIpc) is 3.22. The first-order valence-electron chi connectivity index (χ1n) is 9.49. The number of amides is 4. The summed E-state index contributed by atoms with van der Waals surface area (Å²) >= 11 is 6.58. The zero-order chi connectivity index (χ0) is 22.8. The van der Waals surface area contributed by atoms with Gasteiger partial charge in [-0.15, -0.1) is 0 Å². The van der Waals surface area contributed by atoms with Crippen LogP contribution < -0.4 is 11.1 Å². The van der Waals surface area contributed by atoms with E-state index >= 15 is 0 Å². The van der Waals surface area contributed by atoms with Crippen LogP contribution in [0.5, 0.6) is 0 Å². The normalized spacial score (nSPS) is 15.0. The van der Waals surface area contributed by atoms with Crippen LogP contribution in [-0.2, 0) is 20.9 Å². The number of aromatic nitrogens is 1. The topological polar surface area (TPSA) is 114 Å². The van der Waals surface area contributed by atoms with Gasteiger partial charge in [-0.2, -0.15) is 0 Å². The summed E-state index contributed by atoms with van der Waals surface area (Å²) in [6.07, 6.45) is 3.29. The van der Waals surface area contributed by atoms with Crippen LogP contribution >= 0.6 is 23.4 Å². The van der Waals surface area contributed by atoms with E-state index in [0.717, 1.165) is 27.6 Å². The summed E-state index contributed by atoms with van der Waals surface area (Å²) < 4.78 is 1.69. The number of anilines is 1. The lowest BCUT2D eigenvalue weighted by atomic mass is 10.1. The number of nitrogens with two attached hydrogens (primary N) is 1. The van der Waals surface area contributed by atoms with Crippen molar-refractivity contribution in [1.29, 1.82) is 0 Å². The molecule has 2 aromatic carbocycles. The van der Waals surface area contributed by atoms with Gasteiger partial charge in [0, 0.05) is 33.4 Å². The van der Waals surface area contributed by atoms with E-state index in [9.17, 15) is 19.2 Å². The minimum absolute atomic E-state index is 0.0132. The Bertz CT molecular complexity index is 1280. The van der Waals surface area contributed by atoms with Crippen LogP contribution in [0.3, 0.4) is 0 Å². The summed E-state index contributed by atoms with van der Waals surface area (Å²) in [5.41, 5.74) is 7.27. The number of primary amides is 1. The van der Waals surface area contributed by atoms with Crippen molar-refractivity contribution in [3.63, 3.8) is 0 Å². The number of fused-ring (bicyclic) bond motifs is 1. The molecule has 2 heterocycles. The van der Waals surface area contributed by atoms with Crippen molar-refractivity contribution in [2.75, 3.05) is 11.9 Å². The Hall–Kier alpha value is -3.56. The van der Waals surface area contributed by atoms with Crippen molar-refractivity contribution in [3.05, 3.63) is 70.2 Å². The maximum Gasteiger partial charge on any atom is 0.294 e. The number of hydrogen-bond acceptors (Lipinski definition) is 5. The lowest BCUT2D eigenvalue weighted by Crippen LogP contribution is -2.36. The van der Waals surface area contributed by atoms with Gasteiger partial charge in [0.05, 0.1) is 4.91 Å². The Morgan fingerprint density at radius 1 is 1.06 bits per heavy atom. The lowest BCUT2D eigenvalue weighted by molar-refractivity contribution is -0.127. The highest BCUT2D eigenvalue weighted by atomic mass is 35.5. The van der Waals surface area contributed by atoms with Gasteiger partial charge in [0.25, 0.3) is 11.1 Å². The van der Waals surface area contributed by atoms with Crippen LogP contribution in [0.15, 0.2) is 59.6 Å². The fourth-order valence-corrected chi connectivity index (χ4v) is 4.30. The minimum atomic E-state index is -0.557. The average molecular weight is 469 g/mol. The third kappa shape index (κ3) is 4.53.